The van der Waals surface area contributed by atoms with Gasteiger partial charge in [0.15, 0.2) is 0 Å². The van der Waals surface area contributed by atoms with E-state index in [-0.39, 0.29) is 11.5 Å². The average Bonchev–Trinajstić information content (AvgIpc) is 2.88. The standard InChI is InChI=1S/C17H18N4O2S2/c1-3-8-18-14-11(10-12-16(23)20(4-2)17(24)25-12)15(22)21-9-6-5-7-13(21)19-14/h5-7,9-10,18H,3-4,8H2,1-2H3/b12-10+. The Morgan fingerprint density at radius 3 is 2.80 bits per heavy atom. The molecule has 2 aromatic rings. The van der Waals surface area contributed by atoms with Crippen molar-refractivity contribution >= 4 is 51.7 Å². The SMILES string of the molecule is CCCNc1nc2ccccn2c(=O)c1/C=C1/SC(=S)N(CC)C1=O. The number of thiocarbonyl (C=S) groups is 1. The molecule has 1 aliphatic rings. The predicted octanol–water partition coefficient (Wildman–Crippen LogP) is 2.74. The first-order chi connectivity index (χ1) is 12.1. The van der Waals surface area contributed by atoms with Crippen molar-refractivity contribution < 1.29 is 4.79 Å². The van der Waals surface area contributed by atoms with Gasteiger partial charge in [0, 0.05) is 19.3 Å². The lowest BCUT2D eigenvalue weighted by Gasteiger charge is -2.11. The van der Waals surface area contributed by atoms with Crippen LogP contribution in [0.2, 0.25) is 0 Å². The minimum absolute atomic E-state index is 0.170. The zero-order valence-electron chi connectivity index (χ0n) is 14.0. The number of aromatic nitrogens is 2. The number of hydrogen-bond donors (Lipinski definition) is 1. The summed E-state index contributed by atoms with van der Waals surface area (Å²) < 4.78 is 1.99. The van der Waals surface area contributed by atoms with E-state index in [0.29, 0.717) is 39.3 Å². The van der Waals surface area contributed by atoms with Gasteiger partial charge in [0.25, 0.3) is 11.5 Å². The third-order valence-electron chi connectivity index (χ3n) is 3.78. The predicted molar refractivity (Wildman–Crippen MR) is 106 cm³/mol. The second kappa shape index (κ2) is 7.37. The lowest BCUT2D eigenvalue weighted by atomic mass is 10.2. The fraction of sp³-hybridized carbons (Fsp3) is 0.294. The fourth-order valence-electron chi connectivity index (χ4n) is 2.51. The monoisotopic (exact) mass is 374 g/mol. The Hall–Kier alpha value is -2.19. The molecule has 3 rings (SSSR count). The Balaban J connectivity index is 2.15. The molecule has 6 nitrogen and oxygen atoms in total. The fourth-order valence-corrected chi connectivity index (χ4v) is 3.88. The third-order valence-corrected chi connectivity index (χ3v) is 5.15. The van der Waals surface area contributed by atoms with Gasteiger partial charge in [0.1, 0.15) is 15.8 Å². The highest BCUT2D eigenvalue weighted by Gasteiger charge is 2.31. The van der Waals surface area contributed by atoms with Crippen LogP contribution in [0, 0.1) is 0 Å². The topological polar surface area (TPSA) is 66.7 Å². The Kier molecular flexibility index (Phi) is 5.19. The van der Waals surface area contributed by atoms with Gasteiger partial charge in [-0.1, -0.05) is 37.0 Å². The zero-order chi connectivity index (χ0) is 18.0. The van der Waals surface area contributed by atoms with Crippen molar-refractivity contribution in [1.82, 2.24) is 14.3 Å². The molecule has 1 saturated heterocycles. The van der Waals surface area contributed by atoms with E-state index in [4.69, 9.17) is 12.2 Å². The maximum atomic E-state index is 12.9. The molecular formula is C17H18N4O2S2. The van der Waals surface area contributed by atoms with Crippen LogP contribution in [-0.2, 0) is 4.79 Å². The highest BCUT2D eigenvalue weighted by atomic mass is 32.2. The molecule has 130 valence electrons. The van der Waals surface area contributed by atoms with Crippen molar-refractivity contribution in [1.29, 1.82) is 0 Å². The maximum Gasteiger partial charge on any atom is 0.267 e. The van der Waals surface area contributed by atoms with Crippen molar-refractivity contribution in [3.05, 3.63) is 45.2 Å². The molecule has 1 amide bonds. The van der Waals surface area contributed by atoms with E-state index in [1.165, 1.54) is 21.1 Å². The van der Waals surface area contributed by atoms with E-state index in [1.807, 2.05) is 19.9 Å². The molecule has 2 aromatic heterocycles. The second-order valence-corrected chi connectivity index (χ2v) is 7.14. The molecule has 0 spiro atoms. The summed E-state index contributed by atoms with van der Waals surface area (Å²) in [6, 6.07) is 5.38. The normalized spacial score (nSPS) is 16.2. The van der Waals surface area contributed by atoms with Crippen LogP contribution >= 0.6 is 24.0 Å². The van der Waals surface area contributed by atoms with Crippen LogP contribution in [0.3, 0.4) is 0 Å². The molecule has 1 aliphatic heterocycles. The van der Waals surface area contributed by atoms with Crippen LogP contribution in [0.15, 0.2) is 34.1 Å². The molecule has 0 bridgehead atoms. The molecule has 25 heavy (non-hydrogen) atoms. The van der Waals surface area contributed by atoms with Crippen LogP contribution in [0.1, 0.15) is 25.8 Å². The van der Waals surface area contributed by atoms with E-state index in [9.17, 15) is 9.59 Å². The highest BCUT2D eigenvalue weighted by molar-refractivity contribution is 8.26. The zero-order valence-corrected chi connectivity index (χ0v) is 15.6. The number of likely N-dealkylation sites (N-methyl/N-ethyl adjacent to an activating group) is 1. The molecule has 1 N–H and O–H groups in total. The molecule has 0 saturated carbocycles. The number of anilines is 1. The second-order valence-electron chi connectivity index (χ2n) is 5.46. The minimum Gasteiger partial charge on any atom is -0.369 e. The first kappa shape index (κ1) is 17.6. The van der Waals surface area contributed by atoms with Crippen molar-refractivity contribution in [2.75, 3.05) is 18.4 Å². The largest absolute Gasteiger partial charge is 0.369 e. The van der Waals surface area contributed by atoms with Crippen LogP contribution in [0.4, 0.5) is 5.82 Å². The van der Waals surface area contributed by atoms with E-state index in [1.54, 1.807) is 24.4 Å². The number of rotatable bonds is 5. The summed E-state index contributed by atoms with van der Waals surface area (Å²) in [5, 5.41) is 3.19. The van der Waals surface area contributed by atoms with Crippen molar-refractivity contribution in [2.45, 2.75) is 20.3 Å². The lowest BCUT2D eigenvalue weighted by Crippen LogP contribution is -2.27. The summed E-state index contributed by atoms with van der Waals surface area (Å²) >= 11 is 6.45. The molecule has 3 heterocycles. The number of fused-ring (bicyclic) bond motifs is 1. The summed E-state index contributed by atoms with van der Waals surface area (Å²) in [6.07, 6.45) is 4.16. The first-order valence-electron chi connectivity index (χ1n) is 8.07. The molecular weight excluding hydrogens is 356 g/mol. The van der Waals surface area contributed by atoms with Gasteiger partial charge in [-0.25, -0.2) is 4.98 Å². The van der Waals surface area contributed by atoms with Gasteiger partial charge in [-0.3, -0.25) is 18.9 Å². The molecule has 8 heteroatoms. The smallest absolute Gasteiger partial charge is 0.267 e. The van der Waals surface area contributed by atoms with Crippen molar-refractivity contribution in [3.8, 4) is 0 Å². The van der Waals surface area contributed by atoms with Gasteiger partial charge in [0.05, 0.1) is 10.5 Å². The maximum absolute atomic E-state index is 12.9. The van der Waals surface area contributed by atoms with Gasteiger partial charge in [0.2, 0.25) is 0 Å². The number of thioether (sulfide) groups is 1. The average molecular weight is 374 g/mol. The Morgan fingerprint density at radius 2 is 2.12 bits per heavy atom. The summed E-state index contributed by atoms with van der Waals surface area (Å²) in [5.41, 5.74) is 0.712. The Bertz CT molecular complexity index is 936. The van der Waals surface area contributed by atoms with Crippen LogP contribution < -0.4 is 10.9 Å². The van der Waals surface area contributed by atoms with Gasteiger partial charge in [-0.05, 0) is 31.6 Å². The number of carbonyl (C=O) groups is 1. The van der Waals surface area contributed by atoms with E-state index < -0.39 is 0 Å². The number of nitrogens with one attached hydrogen (secondary N) is 1. The van der Waals surface area contributed by atoms with Gasteiger partial charge < -0.3 is 5.32 Å². The Labute approximate surface area is 154 Å². The summed E-state index contributed by atoms with van der Waals surface area (Å²) in [6.45, 7) is 5.10. The molecule has 0 unspecified atom stereocenters. The van der Waals surface area contributed by atoms with E-state index in [0.717, 1.165) is 6.42 Å². The van der Waals surface area contributed by atoms with Crippen LogP contribution in [0.25, 0.3) is 11.7 Å². The van der Waals surface area contributed by atoms with Crippen LogP contribution in [-0.4, -0.2) is 37.6 Å². The lowest BCUT2D eigenvalue weighted by molar-refractivity contribution is -0.121. The number of pyridine rings is 1. The number of carbonyl (C=O) groups excluding carboxylic acids is 1. The molecule has 0 aliphatic carbocycles. The molecule has 1 fully saturated rings. The van der Waals surface area contributed by atoms with E-state index in [2.05, 4.69) is 10.3 Å². The number of nitrogens with zero attached hydrogens (tertiary/aromatic N) is 3. The number of hydrogen-bond acceptors (Lipinski definition) is 6. The van der Waals surface area contributed by atoms with Crippen LogP contribution in [0.5, 0.6) is 0 Å². The number of amides is 1. The summed E-state index contributed by atoms with van der Waals surface area (Å²) in [7, 11) is 0. The molecule has 0 aromatic carbocycles. The Morgan fingerprint density at radius 1 is 1.32 bits per heavy atom. The molecule has 0 atom stereocenters. The van der Waals surface area contributed by atoms with Crippen molar-refractivity contribution in [3.63, 3.8) is 0 Å². The van der Waals surface area contributed by atoms with Gasteiger partial charge in [-0.2, -0.15) is 0 Å². The van der Waals surface area contributed by atoms with Crippen molar-refractivity contribution in [2.24, 2.45) is 0 Å². The van der Waals surface area contributed by atoms with Gasteiger partial charge >= 0.3 is 0 Å². The van der Waals surface area contributed by atoms with Gasteiger partial charge in [-0.15, -0.1) is 0 Å². The van der Waals surface area contributed by atoms with E-state index >= 15 is 0 Å². The molecule has 0 radical (unpaired) electrons. The first-order valence-corrected chi connectivity index (χ1v) is 9.30. The minimum atomic E-state index is -0.217. The summed E-state index contributed by atoms with van der Waals surface area (Å²) in [4.78, 5) is 31.9. The third kappa shape index (κ3) is 3.32. The summed E-state index contributed by atoms with van der Waals surface area (Å²) in [5.74, 6) is 0.316. The highest BCUT2D eigenvalue weighted by Crippen LogP contribution is 2.32. The quantitative estimate of drug-likeness (QED) is 0.641.